The Morgan fingerprint density at radius 2 is 2.10 bits per heavy atom. The fraction of sp³-hybridized carbons (Fsp3) is 0.125. The summed E-state index contributed by atoms with van der Waals surface area (Å²) in [4.78, 5) is 14.6. The minimum atomic E-state index is -0.409. The quantitative estimate of drug-likeness (QED) is 0.672. The van der Waals surface area contributed by atoms with Crippen LogP contribution < -0.4 is 5.56 Å². The van der Waals surface area contributed by atoms with E-state index in [-0.39, 0.29) is 16.2 Å². The molecule has 1 aromatic carbocycles. The monoisotopic (exact) mass is 300 g/mol. The van der Waals surface area contributed by atoms with E-state index < -0.39 is 5.56 Å². The van der Waals surface area contributed by atoms with Gasteiger partial charge in [0.1, 0.15) is 5.56 Å². The van der Waals surface area contributed by atoms with Crippen LogP contribution in [0, 0.1) is 4.77 Å². The summed E-state index contributed by atoms with van der Waals surface area (Å²) in [5, 5.41) is 10.3. The molecule has 1 heterocycles. The Hall–Kier alpha value is -2.40. The number of nitrogens with one attached hydrogen (secondary N) is 1. The number of H-pyrrole nitrogens is 1. The number of allylic oxidation sites excluding steroid dienone is 2. The minimum Gasteiger partial charge on any atom is -0.494 e. The van der Waals surface area contributed by atoms with E-state index in [1.165, 1.54) is 4.57 Å². The molecule has 0 saturated carbocycles. The van der Waals surface area contributed by atoms with Crippen molar-refractivity contribution in [3.63, 3.8) is 0 Å². The lowest BCUT2D eigenvalue weighted by atomic mass is 10.1. The molecule has 4 nitrogen and oxygen atoms in total. The summed E-state index contributed by atoms with van der Waals surface area (Å²) in [6, 6.07) is 9.64. The summed E-state index contributed by atoms with van der Waals surface area (Å²) in [5.74, 6) is -0.154. The molecule has 0 unspecified atom stereocenters. The highest BCUT2D eigenvalue weighted by atomic mass is 32.1. The van der Waals surface area contributed by atoms with Crippen LogP contribution in [0.25, 0.3) is 11.6 Å². The third-order valence-electron chi connectivity index (χ3n) is 3.11. The number of rotatable bonds is 4. The summed E-state index contributed by atoms with van der Waals surface area (Å²) in [7, 11) is 0. The Labute approximate surface area is 127 Å². The highest BCUT2D eigenvalue weighted by molar-refractivity contribution is 7.71. The van der Waals surface area contributed by atoms with E-state index >= 15 is 0 Å². The average molecular weight is 300 g/mol. The molecule has 0 bridgehead atoms. The molecule has 0 aliphatic rings. The number of hydrogen-bond donors (Lipinski definition) is 2. The molecule has 0 radical (unpaired) electrons. The topological polar surface area (TPSA) is 58.0 Å². The molecule has 0 spiro atoms. The van der Waals surface area contributed by atoms with Crippen molar-refractivity contribution in [3.8, 4) is 5.88 Å². The first-order chi connectivity index (χ1) is 10.0. The second kappa shape index (κ2) is 6.37. The Bertz CT molecular complexity index is 801. The predicted octanol–water partition coefficient (Wildman–Crippen LogP) is 3.36. The third kappa shape index (κ3) is 3.20. The summed E-state index contributed by atoms with van der Waals surface area (Å²) in [5.41, 5.74) is 1.63. The van der Waals surface area contributed by atoms with Crippen molar-refractivity contribution >= 4 is 23.9 Å². The van der Waals surface area contributed by atoms with Crippen LogP contribution in [0.3, 0.4) is 0 Å². The van der Waals surface area contributed by atoms with E-state index in [9.17, 15) is 9.90 Å². The molecule has 0 aliphatic heterocycles. The highest BCUT2D eigenvalue weighted by Crippen LogP contribution is 2.21. The second-order valence-corrected chi connectivity index (χ2v) is 4.98. The van der Waals surface area contributed by atoms with E-state index in [0.717, 1.165) is 11.1 Å². The summed E-state index contributed by atoms with van der Waals surface area (Å²) >= 11 is 5.04. The highest BCUT2D eigenvalue weighted by Gasteiger charge is 2.10. The van der Waals surface area contributed by atoms with Gasteiger partial charge in [-0.15, -0.1) is 6.58 Å². The largest absolute Gasteiger partial charge is 0.494 e. The molecule has 2 aromatic rings. The molecule has 0 atom stereocenters. The van der Waals surface area contributed by atoms with E-state index in [1.807, 2.05) is 37.3 Å². The Kier molecular flexibility index (Phi) is 4.55. The maximum absolute atomic E-state index is 12.0. The molecule has 108 valence electrons. The number of aromatic nitrogens is 2. The van der Waals surface area contributed by atoms with Crippen LogP contribution >= 0.6 is 12.2 Å². The van der Waals surface area contributed by atoms with E-state index in [2.05, 4.69) is 11.6 Å². The van der Waals surface area contributed by atoms with Crippen LogP contribution in [0.4, 0.5) is 0 Å². The van der Waals surface area contributed by atoms with Gasteiger partial charge >= 0.3 is 0 Å². The number of aromatic hydroxyl groups is 1. The smallest absolute Gasteiger partial charge is 0.262 e. The van der Waals surface area contributed by atoms with Gasteiger partial charge in [-0.05, 0) is 36.4 Å². The lowest BCUT2D eigenvalue weighted by Crippen LogP contribution is -2.16. The van der Waals surface area contributed by atoms with Crippen molar-refractivity contribution in [2.45, 2.75) is 13.5 Å². The molecule has 0 amide bonds. The molecule has 0 aliphatic carbocycles. The molecule has 1 aromatic heterocycles. The maximum atomic E-state index is 12.0. The molecule has 0 saturated heterocycles. The average Bonchev–Trinajstić information content (AvgIpc) is 2.48. The standard InChI is InChI=1S/C16H16N2O2S/c1-3-9-18-15(20)13(14(19)17-16(18)21)10-11(2)12-7-5-4-6-8-12/h3-8,10,20H,1,9H2,2H3,(H,17,19,21). The van der Waals surface area contributed by atoms with Gasteiger partial charge in [0, 0.05) is 6.54 Å². The molecular weight excluding hydrogens is 284 g/mol. The van der Waals surface area contributed by atoms with Crippen molar-refractivity contribution in [2.75, 3.05) is 0 Å². The zero-order valence-electron chi connectivity index (χ0n) is 11.7. The van der Waals surface area contributed by atoms with Crippen molar-refractivity contribution in [3.05, 3.63) is 69.2 Å². The van der Waals surface area contributed by atoms with Crippen LogP contribution in [0.1, 0.15) is 18.1 Å². The second-order valence-electron chi connectivity index (χ2n) is 4.59. The molecule has 2 N–H and O–H groups in total. The molecule has 5 heteroatoms. The van der Waals surface area contributed by atoms with Crippen LogP contribution in [0.2, 0.25) is 0 Å². The first kappa shape index (κ1) is 15.0. The predicted molar refractivity (Wildman–Crippen MR) is 87.7 cm³/mol. The SMILES string of the molecule is C=CCn1c(O)c(C=C(C)c2ccccc2)c(=O)[nH]c1=S. The number of benzene rings is 1. The summed E-state index contributed by atoms with van der Waals surface area (Å²) in [6.07, 6.45) is 3.25. The van der Waals surface area contributed by atoms with Gasteiger partial charge in [-0.1, -0.05) is 36.4 Å². The normalized spacial score (nSPS) is 11.4. The number of hydrogen-bond acceptors (Lipinski definition) is 3. The zero-order chi connectivity index (χ0) is 15.4. The molecular formula is C16H16N2O2S. The zero-order valence-corrected chi connectivity index (χ0v) is 12.5. The first-order valence-corrected chi connectivity index (χ1v) is 6.86. The van der Waals surface area contributed by atoms with Gasteiger partial charge in [0.2, 0.25) is 5.88 Å². The van der Waals surface area contributed by atoms with Crippen LogP contribution in [0.5, 0.6) is 5.88 Å². The summed E-state index contributed by atoms with van der Waals surface area (Å²) in [6.45, 7) is 5.82. The van der Waals surface area contributed by atoms with Crippen LogP contribution in [-0.4, -0.2) is 14.7 Å². The fourth-order valence-corrected chi connectivity index (χ4v) is 2.26. The molecule has 0 fully saturated rings. The van der Waals surface area contributed by atoms with E-state index in [0.29, 0.717) is 6.54 Å². The molecule has 21 heavy (non-hydrogen) atoms. The first-order valence-electron chi connectivity index (χ1n) is 6.45. The van der Waals surface area contributed by atoms with Gasteiger partial charge in [0.15, 0.2) is 4.77 Å². The van der Waals surface area contributed by atoms with Gasteiger partial charge in [0.05, 0.1) is 0 Å². The fourth-order valence-electron chi connectivity index (χ4n) is 2.00. The van der Waals surface area contributed by atoms with Gasteiger partial charge in [0.25, 0.3) is 5.56 Å². The van der Waals surface area contributed by atoms with Gasteiger partial charge < -0.3 is 5.11 Å². The third-order valence-corrected chi connectivity index (χ3v) is 3.43. The van der Waals surface area contributed by atoms with Gasteiger partial charge in [-0.2, -0.15) is 0 Å². The van der Waals surface area contributed by atoms with E-state index in [1.54, 1.807) is 12.2 Å². The number of nitrogens with zero attached hydrogens (tertiary/aromatic N) is 1. The van der Waals surface area contributed by atoms with Gasteiger partial charge in [-0.25, -0.2) is 0 Å². The Morgan fingerprint density at radius 3 is 2.71 bits per heavy atom. The molecule has 2 rings (SSSR count). The lowest BCUT2D eigenvalue weighted by Gasteiger charge is -2.09. The van der Waals surface area contributed by atoms with Crippen LogP contribution in [-0.2, 0) is 6.54 Å². The van der Waals surface area contributed by atoms with Crippen molar-refractivity contribution in [1.82, 2.24) is 9.55 Å². The lowest BCUT2D eigenvalue weighted by molar-refractivity contribution is 0.413. The van der Waals surface area contributed by atoms with Crippen LogP contribution in [0.15, 0.2) is 47.8 Å². The Morgan fingerprint density at radius 1 is 1.43 bits per heavy atom. The van der Waals surface area contributed by atoms with Crippen molar-refractivity contribution in [2.24, 2.45) is 0 Å². The number of aromatic amines is 1. The minimum absolute atomic E-state index is 0.154. The summed E-state index contributed by atoms with van der Waals surface area (Å²) < 4.78 is 1.60. The van der Waals surface area contributed by atoms with E-state index in [4.69, 9.17) is 12.2 Å². The van der Waals surface area contributed by atoms with Gasteiger partial charge in [-0.3, -0.25) is 14.3 Å². The Balaban J connectivity index is 2.59. The maximum Gasteiger partial charge on any atom is 0.262 e. The van der Waals surface area contributed by atoms with Crippen molar-refractivity contribution < 1.29 is 5.11 Å². The van der Waals surface area contributed by atoms with Crippen molar-refractivity contribution in [1.29, 1.82) is 0 Å².